The number of amides is 1. The Hall–Kier alpha value is -1.04. The molecule has 1 aliphatic rings. The van der Waals surface area contributed by atoms with Gasteiger partial charge in [-0.1, -0.05) is 33.6 Å². The van der Waals surface area contributed by atoms with Crippen molar-refractivity contribution in [2.24, 2.45) is 10.8 Å². The molecule has 1 amide bonds. The molecule has 0 aromatic carbocycles. The Morgan fingerprint density at radius 3 is 2.65 bits per heavy atom. The van der Waals surface area contributed by atoms with E-state index in [1.54, 1.807) is 6.92 Å². The fourth-order valence-electron chi connectivity index (χ4n) is 2.37. The molecule has 0 spiro atoms. The summed E-state index contributed by atoms with van der Waals surface area (Å²) in [4.78, 5) is 12.1. The van der Waals surface area contributed by atoms with Gasteiger partial charge in [-0.05, 0) is 31.6 Å². The number of hydrogen-bond donors (Lipinski definition) is 1. The van der Waals surface area contributed by atoms with Crippen LogP contribution in [0.15, 0.2) is 0 Å². The van der Waals surface area contributed by atoms with Crippen LogP contribution in [-0.2, 0) is 4.79 Å². The van der Waals surface area contributed by atoms with E-state index in [0.717, 1.165) is 12.8 Å². The van der Waals surface area contributed by atoms with Gasteiger partial charge >= 0.3 is 0 Å². The number of nitriles is 1. The molecule has 0 aliphatic heterocycles. The summed E-state index contributed by atoms with van der Waals surface area (Å²) in [5.41, 5.74) is -0.731. The van der Waals surface area contributed by atoms with E-state index >= 15 is 0 Å². The second-order valence-corrected chi connectivity index (χ2v) is 6.06. The maximum Gasteiger partial charge on any atom is 0.240 e. The van der Waals surface area contributed by atoms with Crippen LogP contribution in [0.25, 0.3) is 0 Å². The van der Waals surface area contributed by atoms with Crippen molar-refractivity contribution in [3.8, 4) is 6.07 Å². The Kier molecular flexibility index (Phi) is 4.19. The highest BCUT2D eigenvalue weighted by molar-refractivity contribution is 5.85. The van der Waals surface area contributed by atoms with Crippen molar-refractivity contribution in [2.45, 2.75) is 65.8 Å². The first kappa shape index (κ1) is 14.0. The van der Waals surface area contributed by atoms with Crippen molar-refractivity contribution in [3.05, 3.63) is 0 Å². The summed E-state index contributed by atoms with van der Waals surface area (Å²) in [6.45, 7) is 8.01. The van der Waals surface area contributed by atoms with Gasteiger partial charge < -0.3 is 5.32 Å². The molecule has 1 aliphatic carbocycles. The topological polar surface area (TPSA) is 52.9 Å². The second kappa shape index (κ2) is 5.08. The highest BCUT2D eigenvalue weighted by Crippen LogP contribution is 2.36. The van der Waals surface area contributed by atoms with Crippen molar-refractivity contribution < 1.29 is 4.79 Å². The number of rotatable bonds is 3. The maximum absolute atomic E-state index is 12.1. The van der Waals surface area contributed by atoms with Gasteiger partial charge in [-0.3, -0.25) is 4.79 Å². The first-order valence-corrected chi connectivity index (χ1v) is 6.58. The summed E-state index contributed by atoms with van der Waals surface area (Å²) in [5.74, 6) is -0.109. The van der Waals surface area contributed by atoms with E-state index in [9.17, 15) is 4.79 Å². The lowest BCUT2D eigenvalue weighted by Crippen LogP contribution is -2.50. The third-order valence-corrected chi connectivity index (χ3v) is 4.27. The van der Waals surface area contributed by atoms with Crippen molar-refractivity contribution >= 4 is 5.91 Å². The summed E-state index contributed by atoms with van der Waals surface area (Å²) in [5, 5.41) is 12.2. The average Bonchev–Trinajstić information content (AvgIpc) is 2.30. The van der Waals surface area contributed by atoms with E-state index in [0.29, 0.717) is 6.42 Å². The normalized spacial score (nSPS) is 26.6. The van der Waals surface area contributed by atoms with Crippen molar-refractivity contribution in [2.75, 3.05) is 0 Å². The van der Waals surface area contributed by atoms with Crippen LogP contribution in [-0.4, -0.2) is 11.9 Å². The predicted octanol–water partition coefficient (Wildman–Crippen LogP) is 3.01. The summed E-state index contributed by atoms with van der Waals surface area (Å²) in [6.07, 6.45) is 5.15. The molecule has 0 saturated heterocycles. The van der Waals surface area contributed by atoms with Gasteiger partial charge in [0.15, 0.2) is 0 Å². The van der Waals surface area contributed by atoms with Gasteiger partial charge in [0.2, 0.25) is 5.91 Å². The fraction of sp³-hybridized carbons (Fsp3) is 0.857. The average molecular weight is 236 g/mol. The Morgan fingerprint density at radius 1 is 1.53 bits per heavy atom. The first-order valence-electron chi connectivity index (χ1n) is 6.58. The van der Waals surface area contributed by atoms with Gasteiger partial charge in [-0.15, -0.1) is 0 Å². The lowest BCUT2D eigenvalue weighted by molar-refractivity contribution is -0.129. The SMILES string of the molecule is CCC(C)(C#N)C(=O)NC1CCCCC1(C)C. The smallest absolute Gasteiger partial charge is 0.240 e. The lowest BCUT2D eigenvalue weighted by Gasteiger charge is -2.40. The minimum absolute atomic E-state index is 0.109. The van der Waals surface area contributed by atoms with Crippen molar-refractivity contribution in [1.29, 1.82) is 5.26 Å². The lowest BCUT2D eigenvalue weighted by atomic mass is 9.73. The molecule has 1 N–H and O–H groups in total. The zero-order valence-corrected chi connectivity index (χ0v) is 11.5. The minimum Gasteiger partial charge on any atom is -0.351 e. The van der Waals surface area contributed by atoms with E-state index in [4.69, 9.17) is 5.26 Å². The summed E-state index contributed by atoms with van der Waals surface area (Å²) in [7, 11) is 0. The molecule has 0 bridgehead atoms. The predicted molar refractivity (Wildman–Crippen MR) is 68.2 cm³/mol. The quantitative estimate of drug-likeness (QED) is 0.819. The standard InChI is InChI=1S/C14H24N2O/c1-5-14(4,10-15)12(17)16-11-8-6-7-9-13(11,2)3/h11H,5-9H2,1-4H3,(H,16,17). The fourth-order valence-corrected chi connectivity index (χ4v) is 2.37. The molecule has 2 atom stereocenters. The monoisotopic (exact) mass is 236 g/mol. The highest BCUT2D eigenvalue weighted by atomic mass is 16.2. The van der Waals surface area contributed by atoms with Gasteiger partial charge in [0.05, 0.1) is 6.07 Å². The number of hydrogen-bond acceptors (Lipinski definition) is 2. The zero-order chi connectivity index (χ0) is 13.1. The van der Waals surface area contributed by atoms with Crippen LogP contribution in [0.1, 0.15) is 59.8 Å². The number of carbonyl (C=O) groups excluding carboxylic acids is 1. The Balaban J connectivity index is 2.71. The maximum atomic E-state index is 12.1. The number of nitrogens with one attached hydrogen (secondary N) is 1. The molecule has 3 heteroatoms. The Morgan fingerprint density at radius 2 is 2.18 bits per heavy atom. The minimum atomic E-state index is -0.881. The van der Waals surface area contributed by atoms with E-state index in [1.807, 2.05) is 6.92 Å². The van der Waals surface area contributed by atoms with E-state index < -0.39 is 5.41 Å². The third kappa shape index (κ3) is 3.00. The van der Waals surface area contributed by atoms with Crippen LogP contribution in [0.3, 0.4) is 0 Å². The molecular formula is C14H24N2O. The molecule has 17 heavy (non-hydrogen) atoms. The Labute approximate surface area is 105 Å². The molecule has 0 aromatic rings. The van der Waals surface area contributed by atoms with Gasteiger partial charge in [-0.2, -0.15) is 5.26 Å². The van der Waals surface area contributed by atoms with Crippen LogP contribution >= 0.6 is 0 Å². The molecule has 2 unspecified atom stereocenters. The second-order valence-electron chi connectivity index (χ2n) is 6.06. The molecule has 1 fully saturated rings. The molecule has 3 nitrogen and oxygen atoms in total. The molecule has 0 radical (unpaired) electrons. The Bertz CT molecular complexity index is 330. The van der Waals surface area contributed by atoms with E-state index in [1.165, 1.54) is 12.8 Å². The van der Waals surface area contributed by atoms with Gasteiger partial charge in [0.25, 0.3) is 0 Å². The van der Waals surface area contributed by atoms with Crippen molar-refractivity contribution in [3.63, 3.8) is 0 Å². The first-order chi connectivity index (χ1) is 7.85. The van der Waals surface area contributed by atoms with Crippen LogP contribution in [0.2, 0.25) is 0 Å². The van der Waals surface area contributed by atoms with Crippen LogP contribution in [0.5, 0.6) is 0 Å². The molecule has 1 saturated carbocycles. The van der Waals surface area contributed by atoms with E-state index in [-0.39, 0.29) is 17.4 Å². The van der Waals surface area contributed by atoms with Gasteiger partial charge in [0.1, 0.15) is 5.41 Å². The van der Waals surface area contributed by atoms with Gasteiger partial charge in [0, 0.05) is 6.04 Å². The van der Waals surface area contributed by atoms with Crippen LogP contribution in [0.4, 0.5) is 0 Å². The summed E-state index contributed by atoms with van der Waals surface area (Å²) in [6, 6.07) is 2.34. The zero-order valence-electron chi connectivity index (χ0n) is 11.5. The highest BCUT2D eigenvalue weighted by Gasteiger charge is 2.38. The molecule has 0 heterocycles. The van der Waals surface area contributed by atoms with Gasteiger partial charge in [-0.25, -0.2) is 0 Å². The molecule has 1 rings (SSSR count). The van der Waals surface area contributed by atoms with E-state index in [2.05, 4.69) is 25.2 Å². The third-order valence-electron chi connectivity index (χ3n) is 4.27. The molecular weight excluding hydrogens is 212 g/mol. The number of nitrogens with zero attached hydrogens (tertiary/aromatic N) is 1. The number of carbonyl (C=O) groups is 1. The largest absolute Gasteiger partial charge is 0.351 e. The van der Waals surface area contributed by atoms with Crippen LogP contribution in [0, 0.1) is 22.2 Å². The summed E-state index contributed by atoms with van der Waals surface area (Å²) < 4.78 is 0. The summed E-state index contributed by atoms with van der Waals surface area (Å²) >= 11 is 0. The van der Waals surface area contributed by atoms with Crippen molar-refractivity contribution in [1.82, 2.24) is 5.32 Å². The molecule has 0 aromatic heterocycles. The molecule has 96 valence electrons. The van der Waals surface area contributed by atoms with Crippen LogP contribution < -0.4 is 5.32 Å².